The predicted molar refractivity (Wildman–Crippen MR) is 97.9 cm³/mol. The van der Waals surface area contributed by atoms with E-state index in [1.807, 2.05) is 0 Å². The lowest BCUT2D eigenvalue weighted by Crippen LogP contribution is -2.39. The first-order chi connectivity index (χ1) is 12.3. The lowest BCUT2D eigenvalue weighted by molar-refractivity contribution is 0.0368. The molecule has 0 radical (unpaired) electrons. The number of carbonyl (C=O) groups excluding carboxylic acids is 2. The molecule has 0 aromatic carbocycles. The van der Waals surface area contributed by atoms with Gasteiger partial charge in [0, 0.05) is 17.3 Å². The third-order valence-corrected chi connectivity index (χ3v) is 4.20. The molecule has 2 heterocycles. The van der Waals surface area contributed by atoms with Crippen LogP contribution >= 0.6 is 0 Å². The number of fused-ring (bicyclic) bond motifs is 3. The fraction of sp³-hybridized carbons (Fsp3) is 0.556. The molecule has 0 aromatic heterocycles. The Kier molecular flexibility index (Phi) is 4.43. The van der Waals surface area contributed by atoms with Crippen molar-refractivity contribution < 1.29 is 29.1 Å². The maximum Gasteiger partial charge on any atom is 0.506 e. The number of amides is 2. The van der Waals surface area contributed by atoms with Gasteiger partial charge in [0.05, 0.1) is 11.6 Å². The van der Waals surface area contributed by atoms with Crippen LogP contribution in [-0.2, 0) is 9.47 Å². The topological polar surface area (TPSA) is 99.3 Å². The summed E-state index contributed by atoms with van der Waals surface area (Å²) in [7, 11) is -1.85. The minimum absolute atomic E-state index is 0.0196. The molecule has 2 amide bonds. The summed E-state index contributed by atoms with van der Waals surface area (Å²) in [6, 6.07) is -0.305. The van der Waals surface area contributed by atoms with Gasteiger partial charge >= 0.3 is 19.3 Å². The Labute approximate surface area is 158 Å². The molecule has 3 aliphatic rings. The molecule has 0 bridgehead atoms. The standard InChI is InChI=1S/C18H25BN2O6/c1-17(2,3)26-15(22)20-11-7-8-12-14(10(11)9-13(20)19(24)25)21(12)16(23)27-18(4,5)6/h7-10,14,24-25H,1-6H3. The monoisotopic (exact) mass is 376 g/mol. The van der Waals surface area contributed by atoms with Crippen LogP contribution in [0.5, 0.6) is 0 Å². The van der Waals surface area contributed by atoms with E-state index in [4.69, 9.17) is 9.47 Å². The summed E-state index contributed by atoms with van der Waals surface area (Å²) in [6.45, 7) is 10.6. The fourth-order valence-electron chi connectivity index (χ4n) is 3.25. The molecule has 2 aliphatic heterocycles. The number of hydrogen-bond donors (Lipinski definition) is 2. The molecule has 0 saturated carbocycles. The van der Waals surface area contributed by atoms with Crippen molar-refractivity contribution in [1.29, 1.82) is 0 Å². The van der Waals surface area contributed by atoms with Crippen molar-refractivity contribution in [1.82, 2.24) is 9.80 Å². The first-order valence-electron chi connectivity index (χ1n) is 8.85. The zero-order chi connectivity index (χ0) is 20.3. The van der Waals surface area contributed by atoms with Crippen LogP contribution < -0.4 is 0 Å². The van der Waals surface area contributed by atoms with Crippen molar-refractivity contribution in [2.45, 2.75) is 58.8 Å². The van der Waals surface area contributed by atoms with E-state index in [1.165, 1.54) is 9.80 Å². The number of hydrogen-bond acceptors (Lipinski definition) is 6. The minimum atomic E-state index is -1.85. The molecule has 27 heavy (non-hydrogen) atoms. The van der Waals surface area contributed by atoms with Crippen molar-refractivity contribution in [3.63, 3.8) is 0 Å². The van der Waals surface area contributed by atoms with Gasteiger partial charge in [0.15, 0.2) is 0 Å². The second kappa shape index (κ2) is 6.14. The number of allylic oxidation sites excluding steroid dienone is 2. The first kappa shape index (κ1) is 19.5. The Hall–Kier alpha value is -2.26. The van der Waals surface area contributed by atoms with Crippen molar-refractivity contribution in [2.24, 2.45) is 5.92 Å². The van der Waals surface area contributed by atoms with Gasteiger partial charge in [-0.25, -0.2) is 9.59 Å². The summed E-state index contributed by atoms with van der Waals surface area (Å²) in [6.07, 6.45) is 3.85. The molecule has 1 aliphatic carbocycles. The molecule has 146 valence electrons. The van der Waals surface area contributed by atoms with Crippen molar-refractivity contribution in [2.75, 3.05) is 0 Å². The Morgan fingerprint density at radius 2 is 1.48 bits per heavy atom. The molecule has 9 heteroatoms. The second-order valence-corrected chi connectivity index (χ2v) is 8.78. The van der Waals surface area contributed by atoms with Crippen molar-refractivity contribution in [3.8, 4) is 0 Å². The molecular weight excluding hydrogens is 351 g/mol. The highest BCUT2D eigenvalue weighted by atomic mass is 16.6. The molecule has 2 N–H and O–H groups in total. The van der Waals surface area contributed by atoms with Crippen LogP contribution in [-0.4, -0.2) is 56.4 Å². The Morgan fingerprint density at radius 3 is 2.00 bits per heavy atom. The second-order valence-electron chi connectivity index (χ2n) is 8.78. The smallest absolute Gasteiger partial charge is 0.443 e. The van der Waals surface area contributed by atoms with Gasteiger partial charge in [-0.05, 0) is 53.7 Å². The highest BCUT2D eigenvalue weighted by molar-refractivity contribution is 6.51. The Morgan fingerprint density at radius 1 is 0.963 bits per heavy atom. The van der Waals surface area contributed by atoms with Crippen molar-refractivity contribution in [3.05, 3.63) is 35.2 Å². The van der Waals surface area contributed by atoms with Crippen LogP contribution in [0, 0.1) is 5.92 Å². The van der Waals surface area contributed by atoms with Gasteiger partial charge in [0.25, 0.3) is 0 Å². The van der Waals surface area contributed by atoms with E-state index in [0.29, 0.717) is 5.70 Å². The van der Waals surface area contributed by atoms with Gasteiger partial charge in [0.1, 0.15) is 11.2 Å². The van der Waals surface area contributed by atoms with E-state index < -0.39 is 30.5 Å². The molecule has 1 saturated heterocycles. The molecule has 8 nitrogen and oxygen atoms in total. The van der Waals surface area contributed by atoms with E-state index in [-0.39, 0.29) is 17.6 Å². The normalized spacial score (nSPS) is 23.6. The average molecular weight is 376 g/mol. The first-order valence-corrected chi connectivity index (χ1v) is 8.85. The number of rotatable bonds is 1. The Bertz CT molecular complexity index is 772. The molecule has 3 rings (SSSR count). The van der Waals surface area contributed by atoms with E-state index in [9.17, 15) is 19.6 Å². The van der Waals surface area contributed by atoms with E-state index >= 15 is 0 Å². The number of ether oxygens (including phenoxy) is 2. The summed E-state index contributed by atoms with van der Waals surface area (Å²) in [5.41, 5.74) is -0.0374. The third-order valence-electron chi connectivity index (χ3n) is 4.20. The number of carbonyl (C=O) groups is 2. The molecule has 2 atom stereocenters. The highest BCUT2D eigenvalue weighted by Gasteiger charge is 2.57. The minimum Gasteiger partial charge on any atom is -0.443 e. The fourth-order valence-corrected chi connectivity index (χ4v) is 3.25. The van der Waals surface area contributed by atoms with Gasteiger partial charge in [-0.15, -0.1) is 0 Å². The predicted octanol–water partition coefficient (Wildman–Crippen LogP) is 2.15. The Balaban J connectivity index is 1.84. The molecule has 1 fully saturated rings. The lowest BCUT2D eigenvalue weighted by Gasteiger charge is -2.28. The van der Waals surface area contributed by atoms with Crippen LogP contribution in [0.2, 0.25) is 0 Å². The number of nitrogens with zero attached hydrogens (tertiary/aromatic N) is 2. The summed E-state index contributed by atoms with van der Waals surface area (Å²) in [4.78, 5) is 27.7. The van der Waals surface area contributed by atoms with Crippen LogP contribution in [0.25, 0.3) is 0 Å². The zero-order valence-corrected chi connectivity index (χ0v) is 16.4. The van der Waals surface area contributed by atoms with Gasteiger partial charge in [0.2, 0.25) is 0 Å². The largest absolute Gasteiger partial charge is 0.506 e. The molecule has 2 unspecified atom stereocenters. The summed E-state index contributed by atoms with van der Waals surface area (Å²) >= 11 is 0. The summed E-state index contributed by atoms with van der Waals surface area (Å²) < 4.78 is 10.8. The maximum atomic E-state index is 12.6. The lowest BCUT2D eigenvalue weighted by atomic mass is 9.85. The van der Waals surface area contributed by atoms with Crippen LogP contribution in [0.1, 0.15) is 41.5 Å². The molecule has 0 aromatic rings. The highest BCUT2D eigenvalue weighted by Crippen LogP contribution is 2.50. The van der Waals surface area contributed by atoms with Gasteiger partial charge < -0.3 is 19.5 Å². The van der Waals surface area contributed by atoms with Gasteiger partial charge in [-0.1, -0.05) is 6.08 Å². The quantitative estimate of drug-likeness (QED) is 0.538. The SMILES string of the molecule is CC(C)(C)OC(=O)N1C(B(O)O)=CC2C1=CC=C1C2N1C(=O)OC(C)(C)C. The van der Waals surface area contributed by atoms with Gasteiger partial charge in [-0.2, -0.15) is 0 Å². The van der Waals surface area contributed by atoms with E-state index in [1.54, 1.807) is 59.8 Å². The average Bonchev–Trinajstić information content (AvgIpc) is 3.06. The van der Waals surface area contributed by atoms with Crippen molar-refractivity contribution >= 4 is 19.3 Å². The van der Waals surface area contributed by atoms with Crippen LogP contribution in [0.4, 0.5) is 9.59 Å². The van der Waals surface area contributed by atoms with E-state index in [0.717, 1.165) is 5.70 Å². The molecular formula is C18H25BN2O6. The van der Waals surface area contributed by atoms with Crippen LogP contribution in [0.15, 0.2) is 35.2 Å². The van der Waals surface area contributed by atoms with E-state index in [2.05, 4.69) is 0 Å². The molecule has 0 spiro atoms. The third kappa shape index (κ3) is 3.75. The maximum absolute atomic E-state index is 12.6. The van der Waals surface area contributed by atoms with Gasteiger partial charge in [-0.3, -0.25) is 9.80 Å². The zero-order valence-electron chi connectivity index (χ0n) is 16.4. The summed E-state index contributed by atoms with van der Waals surface area (Å²) in [5.74, 6) is -0.373. The summed E-state index contributed by atoms with van der Waals surface area (Å²) in [5, 5.41) is 19.5. The van der Waals surface area contributed by atoms with Crippen LogP contribution in [0.3, 0.4) is 0 Å².